The zero-order valence-electron chi connectivity index (χ0n) is 16.0. The van der Waals surface area contributed by atoms with Crippen LogP contribution in [0, 0.1) is 0 Å². The van der Waals surface area contributed by atoms with E-state index in [4.69, 9.17) is 9.15 Å². The second-order valence-electron chi connectivity index (χ2n) is 6.35. The number of halogens is 3. The van der Waals surface area contributed by atoms with E-state index in [1.54, 1.807) is 12.1 Å². The summed E-state index contributed by atoms with van der Waals surface area (Å²) < 4.78 is 51.2. The van der Waals surface area contributed by atoms with Crippen molar-refractivity contribution in [2.45, 2.75) is 19.7 Å². The molecule has 0 unspecified atom stereocenters. The standard InChI is InChI=1S/C20H15F3N2O6/c1-11(26)25-14-3-4-15-13(6-18(27)31-16(15)7-14)9-29-19(28)12-2-5-17(24-8-12)30-10-20(21,22)23/h2-8H,9-10H2,1H3,(H,25,26). The van der Waals surface area contributed by atoms with Crippen LogP contribution < -0.4 is 15.7 Å². The Kier molecular flexibility index (Phi) is 6.23. The van der Waals surface area contributed by atoms with Crippen molar-refractivity contribution in [3.05, 3.63) is 64.1 Å². The number of rotatable bonds is 6. The van der Waals surface area contributed by atoms with Crippen LogP contribution in [-0.2, 0) is 16.1 Å². The number of nitrogens with one attached hydrogen (secondary N) is 1. The number of fused-ring (bicyclic) bond motifs is 1. The molecule has 0 atom stereocenters. The van der Waals surface area contributed by atoms with Crippen LogP contribution in [0.5, 0.6) is 5.88 Å². The summed E-state index contributed by atoms with van der Waals surface area (Å²) in [6, 6.07) is 8.14. The lowest BCUT2D eigenvalue weighted by Gasteiger charge is -2.10. The Morgan fingerprint density at radius 3 is 2.58 bits per heavy atom. The molecular formula is C20H15F3N2O6. The fraction of sp³-hybridized carbons (Fsp3) is 0.200. The smallest absolute Gasteiger partial charge is 0.422 e. The lowest BCUT2D eigenvalue weighted by Crippen LogP contribution is -2.19. The Labute approximate surface area is 172 Å². The molecule has 162 valence electrons. The van der Waals surface area contributed by atoms with Crippen molar-refractivity contribution < 1.29 is 36.7 Å². The van der Waals surface area contributed by atoms with E-state index in [2.05, 4.69) is 15.0 Å². The number of hydrogen-bond acceptors (Lipinski definition) is 7. The normalized spacial score (nSPS) is 11.2. The average Bonchev–Trinajstić information content (AvgIpc) is 2.69. The van der Waals surface area contributed by atoms with Gasteiger partial charge in [-0.3, -0.25) is 4.79 Å². The minimum atomic E-state index is -4.51. The van der Waals surface area contributed by atoms with Crippen LogP contribution in [-0.4, -0.2) is 29.6 Å². The maximum Gasteiger partial charge on any atom is 0.422 e. The van der Waals surface area contributed by atoms with E-state index < -0.39 is 24.4 Å². The molecule has 2 aromatic heterocycles. The second kappa shape index (κ2) is 8.86. The quantitative estimate of drug-likeness (QED) is 0.466. The summed E-state index contributed by atoms with van der Waals surface area (Å²) in [5.41, 5.74) is 0.298. The first-order chi connectivity index (χ1) is 14.6. The van der Waals surface area contributed by atoms with Gasteiger partial charge >= 0.3 is 17.8 Å². The van der Waals surface area contributed by atoms with Crippen LogP contribution in [0.25, 0.3) is 11.0 Å². The Morgan fingerprint density at radius 1 is 1.16 bits per heavy atom. The van der Waals surface area contributed by atoms with E-state index in [1.165, 1.54) is 25.1 Å². The zero-order chi connectivity index (χ0) is 22.6. The number of carbonyl (C=O) groups excluding carboxylic acids is 2. The highest BCUT2D eigenvalue weighted by Crippen LogP contribution is 2.22. The maximum absolute atomic E-state index is 12.2. The Balaban J connectivity index is 1.71. The fourth-order valence-corrected chi connectivity index (χ4v) is 2.60. The number of carbonyl (C=O) groups is 2. The molecule has 2 heterocycles. The highest BCUT2D eigenvalue weighted by Gasteiger charge is 2.28. The van der Waals surface area contributed by atoms with E-state index >= 15 is 0 Å². The van der Waals surface area contributed by atoms with Gasteiger partial charge in [-0.2, -0.15) is 13.2 Å². The summed E-state index contributed by atoms with van der Waals surface area (Å²) in [7, 11) is 0. The van der Waals surface area contributed by atoms with Crippen molar-refractivity contribution in [2.24, 2.45) is 0 Å². The van der Waals surface area contributed by atoms with Crippen LogP contribution >= 0.6 is 0 Å². The first-order valence-corrected chi connectivity index (χ1v) is 8.78. The van der Waals surface area contributed by atoms with Gasteiger partial charge in [0.05, 0.1) is 5.56 Å². The Bertz CT molecular complexity index is 1170. The van der Waals surface area contributed by atoms with Crippen LogP contribution in [0.3, 0.4) is 0 Å². The molecule has 0 aliphatic carbocycles. The summed E-state index contributed by atoms with van der Waals surface area (Å²) in [5, 5.41) is 3.06. The van der Waals surface area contributed by atoms with E-state index in [-0.39, 0.29) is 29.5 Å². The number of aromatic nitrogens is 1. The molecule has 0 spiro atoms. The van der Waals surface area contributed by atoms with Gasteiger partial charge in [-0.25, -0.2) is 14.6 Å². The van der Waals surface area contributed by atoms with Crippen molar-refractivity contribution in [1.82, 2.24) is 4.98 Å². The Hall–Kier alpha value is -3.89. The molecule has 3 rings (SSSR count). The number of hydrogen-bond donors (Lipinski definition) is 1. The molecule has 0 aliphatic rings. The lowest BCUT2D eigenvalue weighted by molar-refractivity contribution is -0.154. The van der Waals surface area contributed by atoms with Gasteiger partial charge in [0.15, 0.2) is 6.61 Å². The van der Waals surface area contributed by atoms with E-state index in [9.17, 15) is 27.6 Å². The summed E-state index contributed by atoms with van der Waals surface area (Å²) in [6.07, 6.45) is -3.49. The van der Waals surface area contributed by atoms with Gasteiger partial charge in [0.1, 0.15) is 12.2 Å². The largest absolute Gasteiger partial charge is 0.468 e. The van der Waals surface area contributed by atoms with Crippen molar-refractivity contribution in [1.29, 1.82) is 0 Å². The van der Waals surface area contributed by atoms with Crippen LogP contribution in [0.2, 0.25) is 0 Å². The fourth-order valence-electron chi connectivity index (χ4n) is 2.60. The van der Waals surface area contributed by atoms with Crippen LogP contribution in [0.15, 0.2) is 51.8 Å². The molecule has 0 bridgehead atoms. The van der Waals surface area contributed by atoms with Crippen molar-refractivity contribution in [3.8, 4) is 5.88 Å². The van der Waals surface area contributed by atoms with E-state index in [0.717, 1.165) is 12.3 Å². The minimum Gasteiger partial charge on any atom is -0.468 e. The summed E-state index contributed by atoms with van der Waals surface area (Å²) in [5.74, 6) is -1.39. The van der Waals surface area contributed by atoms with Gasteiger partial charge in [0, 0.05) is 48.0 Å². The van der Waals surface area contributed by atoms with E-state index in [0.29, 0.717) is 16.6 Å². The highest BCUT2D eigenvalue weighted by molar-refractivity contribution is 5.92. The summed E-state index contributed by atoms with van der Waals surface area (Å²) in [4.78, 5) is 38.8. The number of ether oxygens (including phenoxy) is 2. The van der Waals surface area contributed by atoms with Crippen molar-refractivity contribution >= 4 is 28.5 Å². The molecule has 3 aromatic rings. The van der Waals surface area contributed by atoms with Gasteiger partial charge in [0.2, 0.25) is 11.8 Å². The number of nitrogens with zero attached hydrogens (tertiary/aromatic N) is 1. The van der Waals surface area contributed by atoms with Gasteiger partial charge < -0.3 is 19.2 Å². The molecule has 0 saturated carbocycles. The number of alkyl halides is 3. The summed E-state index contributed by atoms with van der Waals surface area (Å²) in [6.45, 7) is -0.441. The predicted octanol–water partition coefficient (Wildman–Crippen LogP) is 3.44. The third-order valence-electron chi connectivity index (χ3n) is 3.87. The van der Waals surface area contributed by atoms with E-state index in [1.807, 2.05) is 0 Å². The predicted molar refractivity (Wildman–Crippen MR) is 102 cm³/mol. The molecule has 1 N–H and O–H groups in total. The first kappa shape index (κ1) is 21.8. The average molecular weight is 436 g/mol. The molecule has 0 saturated heterocycles. The first-order valence-electron chi connectivity index (χ1n) is 8.78. The third kappa shape index (κ3) is 6.04. The monoisotopic (exact) mass is 436 g/mol. The van der Waals surface area contributed by atoms with Crippen LogP contribution in [0.4, 0.5) is 18.9 Å². The highest BCUT2D eigenvalue weighted by atomic mass is 19.4. The van der Waals surface area contributed by atoms with Crippen LogP contribution in [0.1, 0.15) is 22.8 Å². The molecule has 31 heavy (non-hydrogen) atoms. The minimum absolute atomic E-state index is 0.0143. The molecule has 8 nitrogen and oxygen atoms in total. The molecule has 0 radical (unpaired) electrons. The molecule has 1 aromatic carbocycles. The number of esters is 1. The molecule has 1 amide bonds. The number of benzene rings is 1. The molecule has 0 aliphatic heterocycles. The topological polar surface area (TPSA) is 108 Å². The van der Waals surface area contributed by atoms with Crippen molar-refractivity contribution in [3.63, 3.8) is 0 Å². The molecule has 11 heteroatoms. The number of anilines is 1. The SMILES string of the molecule is CC(=O)Nc1ccc2c(COC(=O)c3ccc(OCC(F)(F)F)nc3)cc(=O)oc2c1. The third-order valence-corrected chi connectivity index (χ3v) is 3.87. The molecular weight excluding hydrogens is 421 g/mol. The second-order valence-corrected chi connectivity index (χ2v) is 6.35. The van der Waals surface area contributed by atoms with Gasteiger partial charge in [-0.05, 0) is 18.2 Å². The Morgan fingerprint density at radius 2 is 1.94 bits per heavy atom. The van der Waals surface area contributed by atoms with Crippen molar-refractivity contribution in [2.75, 3.05) is 11.9 Å². The van der Waals surface area contributed by atoms with Gasteiger partial charge in [0.25, 0.3) is 0 Å². The lowest BCUT2D eigenvalue weighted by atomic mass is 10.1. The van der Waals surface area contributed by atoms with Gasteiger partial charge in [-0.1, -0.05) is 0 Å². The van der Waals surface area contributed by atoms with Gasteiger partial charge in [-0.15, -0.1) is 0 Å². The molecule has 0 fully saturated rings. The summed E-state index contributed by atoms with van der Waals surface area (Å²) >= 11 is 0. The number of amides is 1. The maximum atomic E-state index is 12.2. The zero-order valence-corrected chi connectivity index (χ0v) is 16.0. The number of pyridine rings is 1.